The van der Waals surface area contributed by atoms with Gasteiger partial charge in [-0.05, 0) is 77.0 Å². The number of carbonyl (C=O) groups is 1. The van der Waals surface area contributed by atoms with Gasteiger partial charge in [-0.3, -0.25) is 4.79 Å². The van der Waals surface area contributed by atoms with Crippen LogP contribution in [-0.2, 0) is 4.79 Å². The summed E-state index contributed by atoms with van der Waals surface area (Å²) in [5.41, 5.74) is 0. The molecule has 0 heterocycles. The molecule has 288 valence electrons. The third-order valence-electron chi connectivity index (χ3n) is 8.55. The highest BCUT2D eigenvalue weighted by molar-refractivity contribution is 5.76. The minimum absolute atomic E-state index is 0.0970. The Bertz CT molecular complexity index is 1030. The Kier molecular flexibility index (Phi) is 39.1. The zero-order valence-electron chi connectivity index (χ0n) is 32.8. The van der Waals surface area contributed by atoms with Crippen molar-refractivity contribution >= 4 is 5.91 Å². The smallest absolute Gasteiger partial charge is 0.220 e. The van der Waals surface area contributed by atoms with E-state index in [1.807, 2.05) is 0 Å². The molecule has 3 N–H and O–H groups in total. The lowest BCUT2D eigenvalue weighted by Gasteiger charge is -2.22. The number of nitrogens with one attached hydrogen (secondary N) is 1. The normalized spacial score (nSPS) is 14.2. The number of carbonyl (C=O) groups excluding carboxylic acids is 1. The summed E-state index contributed by atoms with van der Waals surface area (Å²) in [7, 11) is 0. The molecule has 0 fully saturated rings. The minimum atomic E-state index is -0.689. The van der Waals surface area contributed by atoms with Crippen LogP contribution < -0.4 is 5.32 Å². The molecule has 0 rings (SSSR count). The summed E-state index contributed by atoms with van der Waals surface area (Å²) in [4.78, 5) is 12.3. The van der Waals surface area contributed by atoms with Crippen LogP contribution in [0, 0.1) is 0 Å². The van der Waals surface area contributed by atoms with Crippen LogP contribution in [0.1, 0.15) is 162 Å². The molecule has 4 nitrogen and oxygen atoms in total. The molecule has 0 spiro atoms. The second kappa shape index (κ2) is 41.5. The number of rotatable bonds is 35. The third-order valence-corrected chi connectivity index (χ3v) is 8.55. The van der Waals surface area contributed by atoms with E-state index in [-0.39, 0.29) is 12.5 Å². The fourth-order valence-electron chi connectivity index (χ4n) is 5.42. The van der Waals surface area contributed by atoms with E-state index in [9.17, 15) is 15.0 Å². The maximum absolute atomic E-state index is 12.3. The Morgan fingerprint density at radius 2 is 0.843 bits per heavy atom. The van der Waals surface area contributed by atoms with Gasteiger partial charge < -0.3 is 15.5 Å². The van der Waals surface area contributed by atoms with Crippen molar-refractivity contribution in [1.29, 1.82) is 0 Å². The van der Waals surface area contributed by atoms with Gasteiger partial charge >= 0.3 is 0 Å². The van der Waals surface area contributed by atoms with E-state index in [4.69, 9.17) is 0 Å². The molecule has 0 aliphatic rings. The fourth-order valence-corrected chi connectivity index (χ4v) is 5.42. The molecule has 0 radical (unpaired) electrons. The second-order valence-electron chi connectivity index (χ2n) is 13.3. The summed E-state index contributed by atoms with van der Waals surface area (Å²) in [5.74, 6) is -0.0970. The van der Waals surface area contributed by atoms with Crippen LogP contribution in [0.3, 0.4) is 0 Å². The van der Waals surface area contributed by atoms with Crippen molar-refractivity contribution in [2.45, 2.75) is 174 Å². The minimum Gasteiger partial charge on any atom is -0.394 e. The van der Waals surface area contributed by atoms with Gasteiger partial charge in [-0.25, -0.2) is 0 Å². The zero-order chi connectivity index (χ0) is 37.1. The van der Waals surface area contributed by atoms with E-state index in [0.717, 1.165) is 83.5 Å². The molecule has 0 aromatic carbocycles. The number of hydrogen-bond donors (Lipinski definition) is 3. The molecule has 2 atom stereocenters. The molecule has 2 unspecified atom stereocenters. The molecule has 0 bridgehead atoms. The van der Waals surface area contributed by atoms with Gasteiger partial charge in [0.25, 0.3) is 0 Å². The molecule has 0 aliphatic carbocycles. The monoisotopic (exact) mass is 704 g/mol. The lowest BCUT2D eigenvalue weighted by atomic mass is 10.0. The average molecular weight is 704 g/mol. The highest BCUT2D eigenvalue weighted by atomic mass is 16.3. The van der Waals surface area contributed by atoms with Crippen LogP contribution >= 0.6 is 0 Å². The molecule has 4 heteroatoms. The van der Waals surface area contributed by atoms with Gasteiger partial charge in [0.15, 0.2) is 0 Å². The van der Waals surface area contributed by atoms with Crippen molar-refractivity contribution in [3.05, 3.63) is 109 Å². The molecule has 51 heavy (non-hydrogen) atoms. The van der Waals surface area contributed by atoms with Crippen LogP contribution in [0.25, 0.3) is 0 Å². The Morgan fingerprint density at radius 3 is 1.22 bits per heavy atom. The highest BCUT2D eigenvalue weighted by Gasteiger charge is 2.19. The van der Waals surface area contributed by atoms with Gasteiger partial charge in [-0.1, -0.05) is 187 Å². The van der Waals surface area contributed by atoms with E-state index in [1.54, 1.807) is 0 Å². The van der Waals surface area contributed by atoms with E-state index in [0.29, 0.717) is 12.8 Å². The first-order chi connectivity index (χ1) is 25.2. The first-order valence-electron chi connectivity index (χ1n) is 20.6. The summed E-state index contributed by atoms with van der Waals surface area (Å²) in [6.07, 6.45) is 63.0. The van der Waals surface area contributed by atoms with Crippen molar-refractivity contribution in [2.75, 3.05) is 6.61 Å². The Labute approximate surface area is 315 Å². The van der Waals surface area contributed by atoms with Gasteiger partial charge in [-0.15, -0.1) is 0 Å². The van der Waals surface area contributed by atoms with E-state index >= 15 is 0 Å². The molecule has 1 amide bonds. The average Bonchev–Trinajstić information content (AvgIpc) is 3.13. The molecule has 0 aromatic heterocycles. The first-order valence-corrected chi connectivity index (χ1v) is 20.6. The Morgan fingerprint density at radius 1 is 0.490 bits per heavy atom. The molecule has 0 saturated heterocycles. The van der Waals surface area contributed by atoms with Gasteiger partial charge in [0.2, 0.25) is 5.91 Å². The van der Waals surface area contributed by atoms with Crippen molar-refractivity contribution in [3.8, 4) is 0 Å². The van der Waals surface area contributed by atoms with Gasteiger partial charge in [0, 0.05) is 6.42 Å². The molecular formula is C47H77NO3. The van der Waals surface area contributed by atoms with Crippen LogP contribution in [0.15, 0.2) is 109 Å². The summed E-state index contributed by atoms with van der Waals surface area (Å²) >= 11 is 0. The SMILES string of the molecule is CC/C=C\C/C=C\C/C=C\C/C=C\C/C=C\C/C=C\C/C=C\C/C=C\C/C=C\CCCC(=O)NC(CO)C(O)CCCCCCCCCCCC. The zero-order valence-corrected chi connectivity index (χ0v) is 32.8. The van der Waals surface area contributed by atoms with Gasteiger partial charge in [0.05, 0.1) is 18.8 Å². The van der Waals surface area contributed by atoms with E-state index in [2.05, 4.69) is 129 Å². The Balaban J connectivity index is 3.76. The summed E-state index contributed by atoms with van der Waals surface area (Å²) in [5, 5.41) is 23.0. The lowest BCUT2D eigenvalue weighted by Crippen LogP contribution is -2.45. The number of aliphatic hydroxyl groups is 2. The number of amides is 1. The summed E-state index contributed by atoms with van der Waals surface area (Å²) in [6, 6.07) is -0.573. The maximum Gasteiger partial charge on any atom is 0.220 e. The van der Waals surface area contributed by atoms with Crippen molar-refractivity contribution in [3.63, 3.8) is 0 Å². The van der Waals surface area contributed by atoms with Crippen LogP contribution in [0.4, 0.5) is 0 Å². The van der Waals surface area contributed by atoms with Crippen LogP contribution in [0.5, 0.6) is 0 Å². The molecular weight excluding hydrogens is 627 g/mol. The first kappa shape index (κ1) is 48.0. The largest absolute Gasteiger partial charge is 0.394 e. The van der Waals surface area contributed by atoms with E-state index in [1.165, 1.54) is 51.4 Å². The number of hydrogen-bond acceptors (Lipinski definition) is 3. The van der Waals surface area contributed by atoms with Gasteiger partial charge in [0.1, 0.15) is 0 Å². The highest BCUT2D eigenvalue weighted by Crippen LogP contribution is 2.13. The van der Waals surface area contributed by atoms with Crippen molar-refractivity contribution in [1.82, 2.24) is 5.32 Å². The lowest BCUT2D eigenvalue weighted by molar-refractivity contribution is -0.123. The molecule has 0 aliphatic heterocycles. The molecule has 0 saturated carbocycles. The van der Waals surface area contributed by atoms with Crippen molar-refractivity contribution in [2.24, 2.45) is 0 Å². The van der Waals surface area contributed by atoms with E-state index < -0.39 is 12.1 Å². The second-order valence-corrected chi connectivity index (χ2v) is 13.3. The van der Waals surface area contributed by atoms with Crippen LogP contribution in [0.2, 0.25) is 0 Å². The van der Waals surface area contributed by atoms with Crippen LogP contribution in [-0.4, -0.2) is 34.9 Å². The summed E-state index contributed by atoms with van der Waals surface area (Å²) < 4.78 is 0. The topological polar surface area (TPSA) is 69.6 Å². The molecule has 0 aromatic rings. The third kappa shape index (κ3) is 38.1. The van der Waals surface area contributed by atoms with Crippen molar-refractivity contribution < 1.29 is 15.0 Å². The summed E-state index contributed by atoms with van der Waals surface area (Å²) in [6.45, 7) is 4.18. The Hall–Kier alpha value is -2.95. The maximum atomic E-state index is 12.3. The predicted octanol–water partition coefficient (Wildman–Crippen LogP) is 12.8. The predicted molar refractivity (Wildman–Crippen MR) is 225 cm³/mol. The quantitative estimate of drug-likeness (QED) is 0.0454. The number of aliphatic hydroxyl groups excluding tert-OH is 2. The van der Waals surface area contributed by atoms with Gasteiger partial charge in [-0.2, -0.15) is 0 Å². The fraction of sp³-hybridized carbons (Fsp3) is 0.596. The number of unbranched alkanes of at least 4 members (excludes halogenated alkanes) is 10. The standard InChI is InChI=1S/C47H77NO3/c1-3-5-7-9-11-13-15-16-17-18-19-20-21-22-23-24-25-26-27-28-29-30-31-32-33-35-37-39-41-43-47(51)48-45(44-49)46(50)42-40-38-36-34-14-12-10-8-6-4-2/h5,7,11,13,16-17,19-20,22-23,25-26,28-29,31-32,35,37,45-46,49-50H,3-4,6,8-10,12,14-15,18,21,24,27,30,33-34,36,38-44H2,1-2H3,(H,48,51)/b7-5-,13-11-,17-16-,20-19-,23-22-,26-25-,29-28-,32-31-,37-35-. The number of allylic oxidation sites excluding steroid dienone is 18.